The lowest BCUT2D eigenvalue weighted by Crippen LogP contribution is -2.30. The maximum atomic E-state index is 4.04. The van der Waals surface area contributed by atoms with Gasteiger partial charge >= 0.3 is 0 Å². The summed E-state index contributed by atoms with van der Waals surface area (Å²) in [6, 6.07) is 23.1. The number of benzene rings is 3. The van der Waals surface area contributed by atoms with Crippen molar-refractivity contribution in [3.63, 3.8) is 0 Å². The largest absolute Gasteiger partial charge is 0.317 e. The molecule has 0 fully saturated rings. The Balaban J connectivity index is 1.36. The standard InChI is InChI=1S/C44H45N/c1-8-14-31(32-15-10-9-11-16-32)24-26-45(33-20-22-36-35-21-19-30(2)27-39(35)42(3,4)40(36)28-33)34-23-25-44(7)38-18-13-12-17-37(38)43(5,6)41(44)29-34/h8,10,12-24,26-29H,1,9,11,25H2,2-7H3/b26-24-,31-14+. The van der Waals surface area contributed by atoms with Gasteiger partial charge in [-0.05, 0) is 101 Å². The summed E-state index contributed by atoms with van der Waals surface area (Å²) in [4.78, 5) is 2.42. The van der Waals surface area contributed by atoms with Gasteiger partial charge in [-0.3, -0.25) is 0 Å². The summed E-state index contributed by atoms with van der Waals surface area (Å²) in [6.45, 7) is 18.2. The Morgan fingerprint density at radius 2 is 1.53 bits per heavy atom. The van der Waals surface area contributed by atoms with Gasteiger partial charge in [-0.2, -0.15) is 0 Å². The number of hydrogen-bond acceptors (Lipinski definition) is 1. The molecule has 226 valence electrons. The van der Waals surface area contributed by atoms with Crippen molar-refractivity contribution >= 4 is 5.69 Å². The lowest BCUT2D eigenvalue weighted by Gasteiger charge is -2.37. The highest BCUT2D eigenvalue weighted by molar-refractivity contribution is 5.83. The molecule has 0 amide bonds. The van der Waals surface area contributed by atoms with Gasteiger partial charge in [-0.1, -0.05) is 132 Å². The second-order valence-electron chi connectivity index (χ2n) is 14.5. The second-order valence-corrected chi connectivity index (χ2v) is 14.5. The normalized spacial score (nSPS) is 22.2. The third kappa shape index (κ3) is 4.59. The first-order valence-electron chi connectivity index (χ1n) is 16.5. The Morgan fingerprint density at radius 1 is 0.800 bits per heavy atom. The van der Waals surface area contributed by atoms with Crippen LogP contribution in [0.25, 0.3) is 11.1 Å². The molecule has 0 N–H and O–H groups in total. The minimum atomic E-state index is -0.0687. The molecule has 45 heavy (non-hydrogen) atoms. The molecule has 0 saturated heterocycles. The second kappa shape index (κ2) is 10.6. The highest BCUT2D eigenvalue weighted by Gasteiger charge is 2.49. The van der Waals surface area contributed by atoms with Crippen LogP contribution in [0.5, 0.6) is 0 Å². The van der Waals surface area contributed by atoms with E-state index in [-0.39, 0.29) is 16.2 Å². The Kier molecular flexibility index (Phi) is 6.93. The summed E-state index contributed by atoms with van der Waals surface area (Å²) < 4.78 is 0. The van der Waals surface area contributed by atoms with Gasteiger partial charge in [0.25, 0.3) is 0 Å². The molecular formula is C44H45N. The molecule has 3 aromatic rings. The van der Waals surface area contributed by atoms with E-state index < -0.39 is 0 Å². The number of anilines is 1. The average Bonchev–Trinajstić information content (AvgIpc) is 3.37. The Labute approximate surface area is 270 Å². The minimum absolute atomic E-state index is 0.00398. The van der Waals surface area contributed by atoms with Gasteiger partial charge in [-0.15, -0.1) is 0 Å². The quantitative estimate of drug-likeness (QED) is 0.259. The molecule has 1 unspecified atom stereocenters. The van der Waals surface area contributed by atoms with Crippen molar-refractivity contribution in [2.75, 3.05) is 4.90 Å². The van der Waals surface area contributed by atoms with E-state index >= 15 is 0 Å². The molecule has 0 aliphatic heterocycles. The first kappa shape index (κ1) is 29.4. The van der Waals surface area contributed by atoms with Crippen molar-refractivity contribution in [3.05, 3.63) is 172 Å². The number of allylic oxidation sites excluding steroid dienone is 11. The molecule has 3 aromatic carbocycles. The van der Waals surface area contributed by atoms with Crippen LogP contribution in [-0.4, -0.2) is 0 Å². The van der Waals surface area contributed by atoms with Crippen LogP contribution >= 0.6 is 0 Å². The maximum absolute atomic E-state index is 4.04. The van der Waals surface area contributed by atoms with Gasteiger partial charge in [0, 0.05) is 33.8 Å². The van der Waals surface area contributed by atoms with Crippen LogP contribution in [0.1, 0.15) is 81.7 Å². The summed E-state index contributed by atoms with van der Waals surface area (Å²) in [5, 5.41) is 0. The summed E-state index contributed by atoms with van der Waals surface area (Å²) in [5.74, 6) is 0. The van der Waals surface area contributed by atoms with E-state index in [0.717, 1.165) is 19.3 Å². The van der Waals surface area contributed by atoms with Crippen LogP contribution < -0.4 is 4.90 Å². The first-order valence-corrected chi connectivity index (χ1v) is 16.5. The molecule has 0 heterocycles. The average molecular weight is 588 g/mol. The zero-order valence-corrected chi connectivity index (χ0v) is 27.7. The van der Waals surface area contributed by atoms with E-state index in [1.54, 1.807) is 0 Å². The van der Waals surface area contributed by atoms with Gasteiger partial charge in [-0.25, -0.2) is 0 Å². The number of rotatable bonds is 6. The zero-order valence-electron chi connectivity index (χ0n) is 27.7. The van der Waals surface area contributed by atoms with Crippen molar-refractivity contribution < 1.29 is 0 Å². The first-order chi connectivity index (χ1) is 21.6. The third-order valence-corrected chi connectivity index (χ3v) is 10.9. The fourth-order valence-corrected chi connectivity index (χ4v) is 8.40. The van der Waals surface area contributed by atoms with Gasteiger partial charge in [0.2, 0.25) is 0 Å². The molecule has 0 saturated carbocycles. The van der Waals surface area contributed by atoms with Crippen LogP contribution in [0.15, 0.2) is 144 Å². The van der Waals surface area contributed by atoms with E-state index in [2.05, 4.69) is 162 Å². The van der Waals surface area contributed by atoms with Crippen LogP contribution in [0.3, 0.4) is 0 Å². The van der Waals surface area contributed by atoms with E-state index in [1.807, 2.05) is 6.08 Å². The molecule has 0 aromatic heterocycles. The molecule has 4 aliphatic carbocycles. The SMILES string of the molecule is C=C/C=C(\C=C/N(C1=CCC2(C)C(=C1)C(C)(C)c1ccccc12)c1ccc2c(c1)C(C)(C)c1cc(C)ccc1-2)C1=CCCC=C1. The van der Waals surface area contributed by atoms with Crippen molar-refractivity contribution in [3.8, 4) is 11.1 Å². The number of nitrogens with zero attached hydrogens (tertiary/aromatic N) is 1. The Hall–Kier alpha value is -4.36. The molecule has 4 aliphatic rings. The molecule has 7 rings (SSSR count). The van der Waals surface area contributed by atoms with E-state index in [9.17, 15) is 0 Å². The molecule has 1 heteroatoms. The smallest absolute Gasteiger partial charge is 0.0458 e. The molecule has 1 atom stereocenters. The van der Waals surface area contributed by atoms with E-state index in [1.165, 1.54) is 67.0 Å². The van der Waals surface area contributed by atoms with Gasteiger partial charge in [0.15, 0.2) is 0 Å². The Morgan fingerprint density at radius 3 is 2.27 bits per heavy atom. The van der Waals surface area contributed by atoms with Crippen LogP contribution in [0.4, 0.5) is 5.69 Å². The van der Waals surface area contributed by atoms with Crippen LogP contribution in [0.2, 0.25) is 0 Å². The lowest BCUT2D eigenvalue weighted by atomic mass is 9.70. The predicted octanol–water partition coefficient (Wildman–Crippen LogP) is 11.5. The topological polar surface area (TPSA) is 3.24 Å². The molecule has 0 bridgehead atoms. The number of aryl methyl sites for hydroxylation is 1. The minimum Gasteiger partial charge on any atom is -0.317 e. The highest BCUT2D eigenvalue weighted by atomic mass is 15.1. The fourth-order valence-electron chi connectivity index (χ4n) is 8.40. The van der Waals surface area contributed by atoms with Crippen molar-refractivity contribution in [1.29, 1.82) is 0 Å². The van der Waals surface area contributed by atoms with Crippen LogP contribution in [0, 0.1) is 6.92 Å². The summed E-state index contributed by atoms with van der Waals surface area (Å²) in [6.07, 6.45) is 23.5. The molecular weight excluding hydrogens is 542 g/mol. The molecule has 0 spiro atoms. The van der Waals surface area contributed by atoms with Gasteiger partial charge in [0.05, 0.1) is 0 Å². The molecule has 1 nitrogen and oxygen atoms in total. The highest BCUT2D eigenvalue weighted by Crippen LogP contribution is 2.57. The van der Waals surface area contributed by atoms with Crippen LogP contribution in [-0.2, 0) is 16.2 Å². The van der Waals surface area contributed by atoms with Crippen molar-refractivity contribution in [1.82, 2.24) is 0 Å². The predicted molar refractivity (Wildman–Crippen MR) is 193 cm³/mol. The summed E-state index contributed by atoms with van der Waals surface area (Å²) in [5.41, 5.74) is 16.0. The summed E-state index contributed by atoms with van der Waals surface area (Å²) >= 11 is 0. The number of hydrogen-bond donors (Lipinski definition) is 0. The maximum Gasteiger partial charge on any atom is 0.0458 e. The van der Waals surface area contributed by atoms with Crippen molar-refractivity contribution in [2.45, 2.75) is 77.0 Å². The fraction of sp³-hybridized carbons (Fsp3) is 0.273. The van der Waals surface area contributed by atoms with E-state index in [0.29, 0.717) is 0 Å². The third-order valence-electron chi connectivity index (χ3n) is 10.9. The van der Waals surface area contributed by atoms with Gasteiger partial charge < -0.3 is 4.90 Å². The molecule has 0 radical (unpaired) electrons. The van der Waals surface area contributed by atoms with E-state index in [4.69, 9.17) is 0 Å². The lowest BCUT2D eigenvalue weighted by molar-refractivity contribution is 0.508. The Bertz CT molecular complexity index is 1910. The zero-order chi connectivity index (χ0) is 31.6. The van der Waals surface area contributed by atoms with Gasteiger partial charge in [0.1, 0.15) is 0 Å². The van der Waals surface area contributed by atoms with Crippen molar-refractivity contribution in [2.24, 2.45) is 0 Å². The monoisotopic (exact) mass is 587 g/mol. The summed E-state index contributed by atoms with van der Waals surface area (Å²) in [7, 11) is 0. The number of fused-ring (bicyclic) bond motifs is 6.